The van der Waals surface area contributed by atoms with E-state index in [0.717, 1.165) is 11.4 Å². The summed E-state index contributed by atoms with van der Waals surface area (Å²) >= 11 is 0. The molecule has 5 heteroatoms. The van der Waals surface area contributed by atoms with Gasteiger partial charge in [-0.05, 0) is 19.1 Å². The number of rotatable bonds is 3. The van der Waals surface area contributed by atoms with Crippen molar-refractivity contribution in [1.82, 2.24) is 20.4 Å². The molecule has 1 aromatic heterocycles. The van der Waals surface area contributed by atoms with E-state index in [4.69, 9.17) is 5.84 Å². The van der Waals surface area contributed by atoms with Crippen LogP contribution in [0.5, 0.6) is 0 Å². The smallest absolute Gasteiger partial charge is 0.0825 e. The van der Waals surface area contributed by atoms with E-state index < -0.39 is 0 Å². The van der Waals surface area contributed by atoms with Gasteiger partial charge in [0, 0.05) is 0 Å². The van der Waals surface area contributed by atoms with Crippen molar-refractivity contribution in [1.29, 1.82) is 0 Å². The minimum atomic E-state index is 0.0141. The lowest BCUT2D eigenvalue weighted by Gasteiger charge is -2.11. The third-order valence-electron chi connectivity index (χ3n) is 2.27. The van der Waals surface area contributed by atoms with Crippen molar-refractivity contribution < 1.29 is 0 Å². The summed E-state index contributed by atoms with van der Waals surface area (Å²) in [5, 5.41) is 7.91. The van der Waals surface area contributed by atoms with Gasteiger partial charge in [-0.1, -0.05) is 23.4 Å². The van der Waals surface area contributed by atoms with Gasteiger partial charge in [-0.15, -0.1) is 5.10 Å². The molecule has 0 aliphatic heterocycles. The monoisotopic (exact) mass is 203 g/mol. The van der Waals surface area contributed by atoms with E-state index >= 15 is 0 Å². The highest BCUT2D eigenvalue weighted by Gasteiger charge is 2.11. The second kappa shape index (κ2) is 4.20. The predicted molar refractivity (Wildman–Crippen MR) is 57.1 cm³/mol. The van der Waals surface area contributed by atoms with Crippen LogP contribution in [0.1, 0.15) is 18.7 Å². The third-order valence-corrected chi connectivity index (χ3v) is 2.27. The van der Waals surface area contributed by atoms with Crippen molar-refractivity contribution >= 4 is 0 Å². The molecule has 1 heterocycles. The highest BCUT2D eigenvalue weighted by molar-refractivity contribution is 5.32. The average molecular weight is 203 g/mol. The number of para-hydroxylation sites is 1. The lowest BCUT2D eigenvalue weighted by atomic mass is 10.2. The molecule has 0 fully saturated rings. The Morgan fingerprint density at radius 3 is 2.73 bits per heavy atom. The van der Waals surface area contributed by atoms with Gasteiger partial charge >= 0.3 is 0 Å². The first-order valence-corrected chi connectivity index (χ1v) is 4.75. The molecule has 3 N–H and O–H groups in total. The zero-order chi connectivity index (χ0) is 10.7. The molecule has 0 aliphatic carbocycles. The topological polar surface area (TPSA) is 68.8 Å². The molecule has 2 rings (SSSR count). The Hall–Kier alpha value is -1.72. The largest absolute Gasteiger partial charge is 0.271 e. The quantitative estimate of drug-likeness (QED) is 0.571. The number of hydrogen-bond donors (Lipinski definition) is 2. The zero-order valence-electron chi connectivity index (χ0n) is 8.46. The van der Waals surface area contributed by atoms with E-state index in [9.17, 15) is 0 Å². The number of nitrogens with zero attached hydrogens (tertiary/aromatic N) is 3. The van der Waals surface area contributed by atoms with E-state index in [1.165, 1.54) is 0 Å². The van der Waals surface area contributed by atoms with E-state index in [1.54, 1.807) is 10.9 Å². The third kappa shape index (κ3) is 1.88. The van der Waals surface area contributed by atoms with Crippen LogP contribution >= 0.6 is 0 Å². The maximum absolute atomic E-state index is 5.39. The van der Waals surface area contributed by atoms with Gasteiger partial charge in [0.1, 0.15) is 0 Å². The number of nitrogens with two attached hydrogens (primary N) is 1. The number of hydrogen-bond acceptors (Lipinski definition) is 4. The van der Waals surface area contributed by atoms with Crippen LogP contribution in [0.25, 0.3) is 5.69 Å². The highest BCUT2D eigenvalue weighted by atomic mass is 15.4. The van der Waals surface area contributed by atoms with Crippen molar-refractivity contribution in [2.75, 3.05) is 0 Å². The fraction of sp³-hybridized carbons (Fsp3) is 0.200. The molecule has 0 spiro atoms. The van der Waals surface area contributed by atoms with E-state index in [1.807, 2.05) is 37.3 Å². The summed E-state index contributed by atoms with van der Waals surface area (Å²) in [6.45, 7) is 1.96. The van der Waals surface area contributed by atoms with Gasteiger partial charge in [0.25, 0.3) is 0 Å². The molecule has 1 aromatic carbocycles. The summed E-state index contributed by atoms with van der Waals surface area (Å²) in [5.41, 5.74) is 4.59. The summed E-state index contributed by atoms with van der Waals surface area (Å²) in [6, 6.07) is 9.84. The fourth-order valence-corrected chi connectivity index (χ4v) is 1.39. The molecule has 78 valence electrons. The molecule has 2 aromatic rings. The number of aromatic nitrogens is 3. The summed E-state index contributed by atoms with van der Waals surface area (Å²) in [7, 11) is 0. The Labute approximate surface area is 87.9 Å². The van der Waals surface area contributed by atoms with Gasteiger partial charge in [-0.3, -0.25) is 11.3 Å². The number of nitrogens with one attached hydrogen (secondary N) is 1. The van der Waals surface area contributed by atoms with Crippen LogP contribution in [0.2, 0.25) is 0 Å². The molecule has 0 saturated carbocycles. The number of benzene rings is 1. The maximum Gasteiger partial charge on any atom is 0.0825 e. The second-order valence-electron chi connectivity index (χ2n) is 3.29. The summed E-state index contributed by atoms with van der Waals surface area (Å²) in [4.78, 5) is 0. The molecular formula is C10H13N5. The Balaban J connectivity index is 2.41. The first-order chi connectivity index (χ1) is 7.33. The summed E-state index contributed by atoms with van der Waals surface area (Å²) in [6.07, 6.45) is 1.71. The molecular weight excluding hydrogens is 190 g/mol. The first-order valence-electron chi connectivity index (χ1n) is 4.75. The summed E-state index contributed by atoms with van der Waals surface area (Å²) < 4.78 is 1.77. The van der Waals surface area contributed by atoms with Crippen LogP contribution in [-0.4, -0.2) is 15.0 Å². The van der Waals surface area contributed by atoms with Crippen LogP contribution in [0, 0.1) is 0 Å². The molecule has 0 bridgehead atoms. The maximum atomic E-state index is 5.39. The van der Waals surface area contributed by atoms with Crippen LogP contribution < -0.4 is 11.3 Å². The predicted octanol–water partition coefficient (Wildman–Crippen LogP) is 0.792. The summed E-state index contributed by atoms with van der Waals surface area (Å²) in [5.74, 6) is 5.39. The molecule has 15 heavy (non-hydrogen) atoms. The average Bonchev–Trinajstić information content (AvgIpc) is 2.78. The van der Waals surface area contributed by atoms with Crippen molar-refractivity contribution in [3.63, 3.8) is 0 Å². The minimum Gasteiger partial charge on any atom is -0.271 e. The highest BCUT2D eigenvalue weighted by Crippen LogP contribution is 2.14. The van der Waals surface area contributed by atoms with Crippen molar-refractivity contribution in [2.24, 2.45) is 5.84 Å². The Morgan fingerprint density at radius 2 is 2.07 bits per heavy atom. The molecule has 0 aliphatic rings. The van der Waals surface area contributed by atoms with Crippen molar-refractivity contribution in [2.45, 2.75) is 13.0 Å². The van der Waals surface area contributed by atoms with Gasteiger partial charge in [-0.25, -0.2) is 4.68 Å². The lowest BCUT2D eigenvalue weighted by Crippen LogP contribution is -2.27. The Kier molecular flexibility index (Phi) is 2.75. The Bertz CT molecular complexity index is 422. The van der Waals surface area contributed by atoms with Gasteiger partial charge in [0.2, 0.25) is 0 Å². The second-order valence-corrected chi connectivity index (χ2v) is 3.29. The normalized spacial score (nSPS) is 12.7. The van der Waals surface area contributed by atoms with Crippen LogP contribution in [-0.2, 0) is 0 Å². The van der Waals surface area contributed by atoms with Crippen LogP contribution in [0.4, 0.5) is 0 Å². The van der Waals surface area contributed by atoms with E-state index in [-0.39, 0.29) is 6.04 Å². The van der Waals surface area contributed by atoms with Crippen LogP contribution in [0.3, 0.4) is 0 Å². The van der Waals surface area contributed by atoms with Crippen molar-refractivity contribution in [3.8, 4) is 5.69 Å². The van der Waals surface area contributed by atoms with Gasteiger partial charge < -0.3 is 0 Å². The van der Waals surface area contributed by atoms with E-state index in [2.05, 4.69) is 15.7 Å². The molecule has 1 unspecified atom stereocenters. The van der Waals surface area contributed by atoms with Gasteiger partial charge in [0.15, 0.2) is 0 Å². The van der Waals surface area contributed by atoms with Gasteiger partial charge in [-0.2, -0.15) is 0 Å². The number of hydrazine groups is 1. The SMILES string of the molecule is CC(NN)c1cnnn1-c1ccccc1. The lowest BCUT2D eigenvalue weighted by molar-refractivity contribution is 0.565. The minimum absolute atomic E-state index is 0.0141. The standard InChI is InChI=1S/C10H13N5/c1-8(13-11)10-7-12-14-15(10)9-5-3-2-4-6-9/h2-8,13H,11H2,1H3. The first kappa shape index (κ1) is 9.82. The molecule has 0 radical (unpaired) electrons. The van der Waals surface area contributed by atoms with Crippen molar-refractivity contribution in [3.05, 3.63) is 42.2 Å². The molecule has 5 nitrogen and oxygen atoms in total. The van der Waals surface area contributed by atoms with Gasteiger partial charge in [0.05, 0.1) is 23.6 Å². The zero-order valence-corrected chi connectivity index (χ0v) is 8.46. The van der Waals surface area contributed by atoms with Crippen LogP contribution in [0.15, 0.2) is 36.5 Å². The fourth-order valence-electron chi connectivity index (χ4n) is 1.39. The molecule has 0 saturated heterocycles. The Morgan fingerprint density at radius 1 is 1.33 bits per heavy atom. The molecule has 1 atom stereocenters. The van der Waals surface area contributed by atoms with E-state index in [0.29, 0.717) is 0 Å². The molecule has 0 amide bonds.